The number of ketones is 1. The van der Waals surface area contributed by atoms with Crippen molar-refractivity contribution in [3.8, 4) is 11.1 Å². The Hall–Kier alpha value is -3.92. The van der Waals surface area contributed by atoms with Crippen molar-refractivity contribution >= 4 is 27.3 Å². The van der Waals surface area contributed by atoms with Gasteiger partial charge in [0.15, 0.2) is 5.78 Å². The van der Waals surface area contributed by atoms with Crippen LogP contribution in [0, 0.1) is 0 Å². The molecule has 0 saturated heterocycles. The second-order valence-corrected chi connectivity index (χ2v) is 7.61. The molecular formula is C28H17F3O. The minimum atomic E-state index is -4.39. The van der Waals surface area contributed by atoms with E-state index in [1.165, 1.54) is 12.1 Å². The van der Waals surface area contributed by atoms with Crippen LogP contribution in [0.15, 0.2) is 103 Å². The summed E-state index contributed by atoms with van der Waals surface area (Å²) in [6, 6.07) is 29.4. The Balaban J connectivity index is 1.84. The van der Waals surface area contributed by atoms with E-state index in [9.17, 15) is 18.0 Å². The van der Waals surface area contributed by atoms with Gasteiger partial charge in [0, 0.05) is 11.1 Å². The standard InChI is InChI=1S/C28H17F3O/c29-28(30,31)20-16-14-18(15-17-20)25-21-10-4-6-12-23(21)26(24-13-7-5-11-22(24)25)27(32)19-8-2-1-3-9-19/h1-17H. The van der Waals surface area contributed by atoms with Gasteiger partial charge in [0.25, 0.3) is 0 Å². The number of carbonyl (C=O) groups excluding carboxylic acids is 1. The summed E-state index contributed by atoms with van der Waals surface area (Å²) in [7, 11) is 0. The Morgan fingerprint density at radius 2 is 1.03 bits per heavy atom. The maximum absolute atomic E-state index is 13.6. The fourth-order valence-electron chi connectivity index (χ4n) is 4.24. The highest BCUT2D eigenvalue weighted by Crippen LogP contribution is 2.41. The molecule has 0 amide bonds. The zero-order chi connectivity index (χ0) is 22.3. The molecule has 5 aromatic carbocycles. The summed E-state index contributed by atoms with van der Waals surface area (Å²) in [6.07, 6.45) is -4.39. The fourth-order valence-corrected chi connectivity index (χ4v) is 4.24. The molecule has 156 valence electrons. The lowest BCUT2D eigenvalue weighted by Gasteiger charge is -2.17. The van der Waals surface area contributed by atoms with Crippen LogP contribution >= 0.6 is 0 Å². The molecule has 0 aliphatic rings. The molecule has 0 aliphatic heterocycles. The normalized spacial score (nSPS) is 11.7. The van der Waals surface area contributed by atoms with Crippen molar-refractivity contribution in [2.45, 2.75) is 6.18 Å². The van der Waals surface area contributed by atoms with E-state index in [4.69, 9.17) is 0 Å². The lowest BCUT2D eigenvalue weighted by molar-refractivity contribution is -0.137. The van der Waals surface area contributed by atoms with Crippen molar-refractivity contribution in [1.29, 1.82) is 0 Å². The van der Waals surface area contributed by atoms with Crippen LogP contribution in [0.3, 0.4) is 0 Å². The molecule has 0 atom stereocenters. The van der Waals surface area contributed by atoms with Gasteiger partial charge in [-0.2, -0.15) is 13.2 Å². The smallest absolute Gasteiger partial charge is 0.289 e. The van der Waals surface area contributed by atoms with Gasteiger partial charge in [-0.3, -0.25) is 4.79 Å². The summed E-state index contributed by atoms with van der Waals surface area (Å²) >= 11 is 0. The van der Waals surface area contributed by atoms with Gasteiger partial charge < -0.3 is 0 Å². The van der Waals surface area contributed by atoms with Crippen molar-refractivity contribution in [2.75, 3.05) is 0 Å². The molecule has 0 fully saturated rings. The molecule has 1 nitrogen and oxygen atoms in total. The van der Waals surface area contributed by atoms with E-state index < -0.39 is 11.7 Å². The van der Waals surface area contributed by atoms with Gasteiger partial charge >= 0.3 is 6.18 Å². The highest BCUT2D eigenvalue weighted by atomic mass is 19.4. The second-order valence-electron chi connectivity index (χ2n) is 7.61. The van der Waals surface area contributed by atoms with Gasteiger partial charge in [0.05, 0.1) is 5.56 Å². The minimum absolute atomic E-state index is 0.0861. The van der Waals surface area contributed by atoms with Gasteiger partial charge in [-0.05, 0) is 44.8 Å². The lowest BCUT2D eigenvalue weighted by atomic mass is 9.85. The molecule has 0 aromatic heterocycles. The monoisotopic (exact) mass is 426 g/mol. The highest BCUT2D eigenvalue weighted by molar-refractivity contribution is 6.28. The van der Waals surface area contributed by atoms with Crippen LogP contribution in [-0.2, 0) is 6.18 Å². The molecule has 0 spiro atoms. The molecule has 32 heavy (non-hydrogen) atoms. The van der Waals surface area contributed by atoms with Crippen molar-refractivity contribution in [1.82, 2.24) is 0 Å². The van der Waals surface area contributed by atoms with Crippen molar-refractivity contribution in [2.24, 2.45) is 0 Å². The maximum atomic E-state index is 13.6. The number of alkyl halides is 3. The van der Waals surface area contributed by atoms with Crippen LogP contribution in [0.2, 0.25) is 0 Å². The van der Waals surface area contributed by atoms with E-state index in [0.29, 0.717) is 16.7 Å². The topological polar surface area (TPSA) is 17.1 Å². The van der Waals surface area contributed by atoms with Gasteiger partial charge in [-0.1, -0.05) is 91.0 Å². The number of hydrogen-bond acceptors (Lipinski definition) is 1. The Kier molecular flexibility index (Phi) is 4.78. The van der Waals surface area contributed by atoms with E-state index in [1.807, 2.05) is 66.7 Å². The second kappa shape index (κ2) is 7.65. The molecule has 0 unspecified atom stereocenters. The average molecular weight is 426 g/mol. The van der Waals surface area contributed by atoms with Gasteiger partial charge in [0.2, 0.25) is 0 Å². The van der Waals surface area contributed by atoms with Crippen LogP contribution in [0.1, 0.15) is 21.5 Å². The van der Waals surface area contributed by atoms with E-state index in [2.05, 4.69) is 0 Å². The van der Waals surface area contributed by atoms with E-state index >= 15 is 0 Å². The summed E-state index contributed by atoms with van der Waals surface area (Å²) < 4.78 is 39.3. The highest BCUT2D eigenvalue weighted by Gasteiger charge is 2.30. The molecule has 5 rings (SSSR count). The van der Waals surface area contributed by atoms with Crippen LogP contribution in [-0.4, -0.2) is 5.78 Å². The SMILES string of the molecule is O=C(c1ccccc1)c1c2ccccc2c(-c2ccc(C(F)(F)F)cc2)c2ccccc12. The zero-order valence-electron chi connectivity index (χ0n) is 16.9. The number of carbonyl (C=O) groups is 1. The molecule has 5 aromatic rings. The summed E-state index contributed by atoms with van der Waals surface area (Å²) in [5.74, 6) is -0.0861. The molecule has 0 saturated carbocycles. The quantitative estimate of drug-likeness (QED) is 0.212. The third-order valence-electron chi connectivity index (χ3n) is 5.70. The van der Waals surface area contributed by atoms with E-state index in [-0.39, 0.29) is 5.78 Å². The van der Waals surface area contributed by atoms with Gasteiger partial charge in [0.1, 0.15) is 0 Å². The summed E-state index contributed by atoms with van der Waals surface area (Å²) in [4.78, 5) is 13.6. The summed E-state index contributed by atoms with van der Waals surface area (Å²) in [6.45, 7) is 0. The lowest BCUT2D eigenvalue weighted by Crippen LogP contribution is -2.05. The first-order valence-electron chi connectivity index (χ1n) is 10.2. The first-order chi connectivity index (χ1) is 15.4. The number of halogens is 3. The van der Waals surface area contributed by atoms with Gasteiger partial charge in [-0.15, -0.1) is 0 Å². The number of fused-ring (bicyclic) bond motifs is 2. The van der Waals surface area contributed by atoms with Crippen LogP contribution in [0.4, 0.5) is 13.2 Å². The molecule has 4 heteroatoms. The molecule has 0 N–H and O–H groups in total. The Labute approximate surface area is 182 Å². The van der Waals surface area contributed by atoms with Crippen molar-refractivity contribution < 1.29 is 18.0 Å². The third-order valence-corrected chi connectivity index (χ3v) is 5.70. The Morgan fingerprint density at radius 3 is 1.53 bits per heavy atom. The summed E-state index contributed by atoms with van der Waals surface area (Å²) in [5.41, 5.74) is 1.98. The van der Waals surface area contributed by atoms with Crippen LogP contribution in [0.5, 0.6) is 0 Å². The predicted molar refractivity (Wildman–Crippen MR) is 122 cm³/mol. The van der Waals surface area contributed by atoms with Crippen LogP contribution < -0.4 is 0 Å². The van der Waals surface area contributed by atoms with Crippen molar-refractivity contribution in [3.63, 3.8) is 0 Å². The summed E-state index contributed by atoms with van der Waals surface area (Å²) in [5, 5.41) is 3.19. The maximum Gasteiger partial charge on any atom is 0.416 e. The van der Waals surface area contributed by atoms with E-state index in [0.717, 1.165) is 39.2 Å². The van der Waals surface area contributed by atoms with E-state index in [1.54, 1.807) is 12.1 Å². The van der Waals surface area contributed by atoms with Crippen LogP contribution in [0.25, 0.3) is 32.7 Å². The minimum Gasteiger partial charge on any atom is -0.289 e. The first kappa shape index (κ1) is 20.0. The number of hydrogen-bond donors (Lipinski definition) is 0. The molecule has 0 bridgehead atoms. The van der Waals surface area contributed by atoms with Gasteiger partial charge in [-0.25, -0.2) is 0 Å². The Bertz CT molecular complexity index is 1390. The number of rotatable bonds is 3. The van der Waals surface area contributed by atoms with Crippen molar-refractivity contribution in [3.05, 3.63) is 120 Å². The molecule has 0 radical (unpaired) electrons. The average Bonchev–Trinajstić information content (AvgIpc) is 2.82. The predicted octanol–water partition coefficient (Wildman–Crippen LogP) is 7.91. The molecular weight excluding hydrogens is 409 g/mol. The zero-order valence-corrected chi connectivity index (χ0v) is 16.9. The Morgan fingerprint density at radius 1 is 0.562 bits per heavy atom. The number of benzene rings is 5. The molecule has 0 heterocycles. The third kappa shape index (κ3) is 3.34. The fraction of sp³-hybridized carbons (Fsp3) is 0.0357. The molecule has 0 aliphatic carbocycles. The first-order valence-corrected chi connectivity index (χ1v) is 10.2. The largest absolute Gasteiger partial charge is 0.416 e.